The molecule has 0 radical (unpaired) electrons. The van der Waals surface area contributed by atoms with Crippen molar-refractivity contribution < 1.29 is 9.53 Å². The Balaban J connectivity index is 1.75. The van der Waals surface area contributed by atoms with Gasteiger partial charge in [-0.3, -0.25) is 9.59 Å². The van der Waals surface area contributed by atoms with E-state index >= 15 is 0 Å². The molecule has 1 atom stereocenters. The summed E-state index contributed by atoms with van der Waals surface area (Å²) in [7, 11) is 1.74. The lowest BCUT2D eigenvalue weighted by molar-refractivity contribution is -0.122. The van der Waals surface area contributed by atoms with Gasteiger partial charge in [0.1, 0.15) is 5.75 Å². The number of nitrogens with one attached hydrogen (secondary N) is 1. The minimum Gasteiger partial charge on any atom is -0.481 e. The van der Waals surface area contributed by atoms with E-state index < -0.39 is 6.10 Å². The number of anilines is 1. The van der Waals surface area contributed by atoms with Gasteiger partial charge in [-0.25, -0.2) is 0 Å². The number of carbonyl (C=O) groups is 1. The van der Waals surface area contributed by atoms with Crippen molar-refractivity contribution in [3.63, 3.8) is 0 Å². The van der Waals surface area contributed by atoms with Gasteiger partial charge in [0.2, 0.25) is 0 Å². The summed E-state index contributed by atoms with van der Waals surface area (Å²) < 4.78 is 8.24. The normalized spacial score (nSPS) is 12.1. The quantitative estimate of drug-likeness (QED) is 0.758. The maximum absolute atomic E-state index is 12.5. The van der Waals surface area contributed by atoms with Gasteiger partial charge in [0.25, 0.3) is 5.91 Å². The first kappa shape index (κ1) is 17.2. The molecular formula is C19H20N2O3S. The topological polar surface area (TPSA) is 60.3 Å². The number of nitrogens with zero attached hydrogens (tertiary/aromatic N) is 1. The molecular weight excluding hydrogens is 336 g/mol. The van der Waals surface area contributed by atoms with Crippen LogP contribution in [0.4, 0.5) is 5.69 Å². The molecule has 25 heavy (non-hydrogen) atoms. The Kier molecular flexibility index (Phi) is 4.90. The number of hydrogen-bond donors (Lipinski definition) is 1. The van der Waals surface area contributed by atoms with Crippen molar-refractivity contribution in [1.29, 1.82) is 0 Å². The summed E-state index contributed by atoms with van der Waals surface area (Å²) >= 11 is 1.16. The van der Waals surface area contributed by atoms with Crippen molar-refractivity contribution in [3.05, 3.63) is 57.7 Å². The number of aryl methyl sites for hydroxylation is 2. The summed E-state index contributed by atoms with van der Waals surface area (Å²) in [6, 6.07) is 13.1. The molecule has 1 heterocycles. The summed E-state index contributed by atoms with van der Waals surface area (Å²) in [6.45, 7) is 3.91. The second kappa shape index (κ2) is 7.11. The largest absolute Gasteiger partial charge is 0.481 e. The van der Waals surface area contributed by atoms with Gasteiger partial charge in [0.05, 0.1) is 10.2 Å². The molecule has 1 aromatic heterocycles. The number of benzene rings is 2. The summed E-state index contributed by atoms with van der Waals surface area (Å²) in [4.78, 5) is 24.2. The SMILES string of the molecule is CCC(Oc1ccc(C)cc1)C(=O)Nc1ccc2c(c1)sc(=O)n2C. The summed E-state index contributed by atoms with van der Waals surface area (Å²) in [5.74, 6) is 0.468. The van der Waals surface area contributed by atoms with Crippen LogP contribution in [0.1, 0.15) is 18.9 Å². The number of hydrogen-bond acceptors (Lipinski definition) is 4. The van der Waals surface area contributed by atoms with Crippen molar-refractivity contribution >= 4 is 33.1 Å². The fourth-order valence-corrected chi connectivity index (χ4v) is 3.46. The molecule has 2 aromatic carbocycles. The van der Waals surface area contributed by atoms with Crippen LogP contribution >= 0.6 is 11.3 Å². The fourth-order valence-electron chi connectivity index (χ4n) is 2.54. The number of aromatic nitrogens is 1. The maximum atomic E-state index is 12.5. The van der Waals surface area contributed by atoms with Gasteiger partial charge in [-0.2, -0.15) is 0 Å². The van der Waals surface area contributed by atoms with Crippen LogP contribution in [0.15, 0.2) is 47.3 Å². The number of thiazole rings is 1. The van der Waals surface area contributed by atoms with E-state index in [-0.39, 0.29) is 10.8 Å². The summed E-state index contributed by atoms with van der Waals surface area (Å²) in [6.07, 6.45) is -0.0198. The Morgan fingerprint density at radius 3 is 2.64 bits per heavy atom. The highest BCUT2D eigenvalue weighted by Gasteiger charge is 2.19. The Morgan fingerprint density at radius 2 is 1.96 bits per heavy atom. The molecule has 0 saturated heterocycles. The highest BCUT2D eigenvalue weighted by atomic mass is 32.1. The second-order valence-electron chi connectivity index (χ2n) is 5.93. The molecule has 0 spiro atoms. The van der Waals surface area contributed by atoms with Gasteiger partial charge >= 0.3 is 4.87 Å². The van der Waals surface area contributed by atoms with Crippen LogP contribution in [-0.2, 0) is 11.8 Å². The van der Waals surface area contributed by atoms with Gasteiger partial charge in [-0.05, 0) is 43.7 Å². The zero-order valence-electron chi connectivity index (χ0n) is 14.4. The third-order valence-corrected chi connectivity index (χ3v) is 5.02. The lowest BCUT2D eigenvalue weighted by Gasteiger charge is -2.17. The molecule has 3 rings (SSSR count). The van der Waals surface area contributed by atoms with Crippen LogP contribution in [0, 0.1) is 6.92 Å². The van der Waals surface area contributed by atoms with Crippen LogP contribution in [-0.4, -0.2) is 16.6 Å². The molecule has 0 aliphatic rings. The predicted octanol–water partition coefficient (Wildman–Crippen LogP) is 3.70. The zero-order chi connectivity index (χ0) is 18.0. The van der Waals surface area contributed by atoms with Crippen LogP contribution in [0.3, 0.4) is 0 Å². The number of fused-ring (bicyclic) bond motifs is 1. The van der Waals surface area contributed by atoms with E-state index in [2.05, 4.69) is 5.32 Å². The minimum atomic E-state index is -0.576. The monoisotopic (exact) mass is 356 g/mol. The second-order valence-corrected chi connectivity index (χ2v) is 6.92. The van der Waals surface area contributed by atoms with Crippen molar-refractivity contribution in [2.24, 2.45) is 7.05 Å². The van der Waals surface area contributed by atoms with E-state index in [1.807, 2.05) is 50.2 Å². The number of carbonyl (C=O) groups excluding carboxylic acids is 1. The third kappa shape index (κ3) is 3.74. The molecule has 130 valence electrons. The Hall–Kier alpha value is -2.60. The van der Waals surface area contributed by atoms with Crippen molar-refractivity contribution in [1.82, 2.24) is 4.57 Å². The van der Waals surface area contributed by atoms with Crippen LogP contribution in [0.5, 0.6) is 5.75 Å². The zero-order valence-corrected chi connectivity index (χ0v) is 15.2. The smallest absolute Gasteiger partial charge is 0.307 e. The first-order valence-corrected chi connectivity index (χ1v) is 8.93. The third-order valence-electron chi connectivity index (χ3n) is 4.02. The summed E-state index contributed by atoms with van der Waals surface area (Å²) in [5.41, 5.74) is 2.65. The van der Waals surface area contributed by atoms with Gasteiger partial charge in [0, 0.05) is 12.7 Å². The molecule has 0 aliphatic heterocycles. The number of rotatable bonds is 5. The molecule has 1 unspecified atom stereocenters. The molecule has 0 fully saturated rings. The minimum absolute atomic E-state index is 0.0207. The van der Waals surface area contributed by atoms with E-state index in [9.17, 15) is 9.59 Å². The predicted molar refractivity (Wildman–Crippen MR) is 102 cm³/mol. The maximum Gasteiger partial charge on any atom is 0.307 e. The molecule has 3 aromatic rings. The first-order valence-electron chi connectivity index (χ1n) is 8.11. The molecule has 0 saturated carbocycles. The van der Waals surface area contributed by atoms with Crippen molar-refractivity contribution in [2.75, 3.05) is 5.32 Å². The highest BCUT2D eigenvalue weighted by molar-refractivity contribution is 7.16. The molecule has 5 nitrogen and oxygen atoms in total. The molecule has 1 amide bonds. The average Bonchev–Trinajstić information content (AvgIpc) is 2.88. The van der Waals surface area contributed by atoms with Gasteiger partial charge in [0.15, 0.2) is 6.10 Å². The Morgan fingerprint density at radius 1 is 1.24 bits per heavy atom. The standard InChI is InChI=1S/C19H20N2O3S/c1-4-16(24-14-8-5-12(2)6-9-14)18(22)20-13-7-10-15-17(11-13)25-19(23)21(15)3/h5-11,16H,4H2,1-3H3,(H,20,22). The van der Waals surface area contributed by atoms with Crippen molar-refractivity contribution in [3.8, 4) is 5.75 Å². The van der Waals surface area contributed by atoms with Gasteiger partial charge in [-0.15, -0.1) is 0 Å². The fraction of sp³-hybridized carbons (Fsp3) is 0.263. The highest BCUT2D eigenvalue weighted by Crippen LogP contribution is 2.22. The summed E-state index contributed by atoms with van der Waals surface area (Å²) in [5, 5.41) is 2.88. The molecule has 1 N–H and O–H groups in total. The van der Waals surface area contributed by atoms with Crippen LogP contribution in [0.2, 0.25) is 0 Å². The van der Waals surface area contributed by atoms with Gasteiger partial charge < -0.3 is 14.6 Å². The Labute approximate surface area is 149 Å². The lowest BCUT2D eigenvalue weighted by atomic mass is 10.2. The van der Waals surface area contributed by atoms with E-state index in [1.54, 1.807) is 17.7 Å². The van der Waals surface area contributed by atoms with Gasteiger partial charge in [-0.1, -0.05) is 36.0 Å². The van der Waals surface area contributed by atoms with E-state index in [1.165, 1.54) is 0 Å². The first-order chi connectivity index (χ1) is 12.0. The molecule has 0 bridgehead atoms. The lowest BCUT2D eigenvalue weighted by Crippen LogP contribution is -2.32. The average molecular weight is 356 g/mol. The van der Waals surface area contributed by atoms with Crippen LogP contribution in [0.25, 0.3) is 10.2 Å². The van der Waals surface area contributed by atoms with E-state index in [0.29, 0.717) is 17.9 Å². The van der Waals surface area contributed by atoms with Crippen LogP contribution < -0.4 is 14.9 Å². The Bertz CT molecular complexity index is 957. The van der Waals surface area contributed by atoms with Crippen molar-refractivity contribution in [2.45, 2.75) is 26.4 Å². The van der Waals surface area contributed by atoms with E-state index in [0.717, 1.165) is 27.1 Å². The molecule has 6 heteroatoms. The van der Waals surface area contributed by atoms with E-state index in [4.69, 9.17) is 4.74 Å². The number of ether oxygens (including phenoxy) is 1. The number of amides is 1. The molecule has 0 aliphatic carbocycles.